The first-order chi connectivity index (χ1) is 5.68. The van der Waals surface area contributed by atoms with Crippen molar-refractivity contribution in [3.05, 3.63) is 0 Å². The molecule has 0 aliphatic carbocycles. The summed E-state index contributed by atoms with van der Waals surface area (Å²) in [7, 11) is 0. The SMILES string of the molecule is NC(=O)CCN1CCNC(=O)C1. The molecule has 3 N–H and O–H groups in total. The first-order valence-corrected chi connectivity index (χ1v) is 3.96. The van der Waals surface area contributed by atoms with Crippen LogP contribution in [0, 0.1) is 0 Å². The molecular formula is C7H13N3O2. The highest BCUT2D eigenvalue weighted by atomic mass is 16.2. The third-order valence-corrected chi connectivity index (χ3v) is 1.79. The number of nitrogens with two attached hydrogens (primary N) is 1. The molecule has 0 bridgehead atoms. The predicted molar refractivity (Wildman–Crippen MR) is 43.3 cm³/mol. The van der Waals surface area contributed by atoms with Crippen molar-refractivity contribution in [3.63, 3.8) is 0 Å². The van der Waals surface area contributed by atoms with Gasteiger partial charge in [0.25, 0.3) is 0 Å². The fourth-order valence-corrected chi connectivity index (χ4v) is 1.15. The molecule has 0 radical (unpaired) electrons. The van der Waals surface area contributed by atoms with Crippen LogP contribution in [0.1, 0.15) is 6.42 Å². The second-order valence-electron chi connectivity index (χ2n) is 2.84. The molecule has 5 heteroatoms. The van der Waals surface area contributed by atoms with Gasteiger partial charge in [0.2, 0.25) is 11.8 Å². The smallest absolute Gasteiger partial charge is 0.234 e. The number of carbonyl (C=O) groups is 2. The number of carbonyl (C=O) groups excluding carboxylic acids is 2. The highest BCUT2D eigenvalue weighted by molar-refractivity contribution is 5.79. The number of hydrogen-bond acceptors (Lipinski definition) is 3. The fraction of sp³-hybridized carbons (Fsp3) is 0.714. The maximum atomic E-state index is 10.8. The predicted octanol–water partition coefficient (Wildman–Crippen LogP) is -1.71. The van der Waals surface area contributed by atoms with Gasteiger partial charge >= 0.3 is 0 Å². The van der Waals surface area contributed by atoms with Gasteiger partial charge in [0, 0.05) is 26.1 Å². The van der Waals surface area contributed by atoms with Crippen LogP contribution in [0.4, 0.5) is 0 Å². The molecule has 0 atom stereocenters. The Bertz CT molecular complexity index is 193. The molecule has 1 aliphatic heterocycles. The minimum absolute atomic E-state index is 0.0192. The van der Waals surface area contributed by atoms with Gasteiger partial charge in [0.05, 0.1) is 6.54 Å². The average Bonchev–Trinajstić information content (AvgIpc) is 2.01. The van der Waals surface area contributed by atoms with E-state index in [2.05, 4.69) is 5.32 Å². The van der Waals surface area contributed by atoms with Gasteiger partial charge < -0.3 is 11.1 Å². The minimum atomic E-state index is -0.319. The summed E-state index contributed by atoms with van der Waals surface area (Å²) in [5.74, 6) is -0.299. The van der Waals surface area contributed by atoms with Gasteiger partial charge in [-0.2, -0.15) is 0 Å². The Morgan fingerprint density at radius 1 is 1.67 bits per heavy atom. The van der Waals surface area contributed by atoms with Gasteiger partial charge in [-0.1, -0.05) is 0 Å². The van der Waals surface area contributed by atoms with Gasteiger partial charge in [-0.15, -0.1) is 0 Å². The minimum Gasteiger partial charge on any atom is -0.370 e. The molecule has 0 aromatic rings. The monoisotopic (exact) mass is 171 g/mol. The summed E-state index contributed by atoms with van der Waals surface area (Å²) < 4.78 is 0. The molecule has 1 saturated heterocycles. The Morgan fingerprint density at radius 2 is 2.42 bits per heavy atom. The molecule has 1 fully saturated rings. The molecule has 1 rings (SSSR count). The van der Waals surface area contributed by atoms with Crippen LogP contribution in [0.2, 0.25) is 0 Å². The van der Waals surface area contributed by atoms with Crippen LogP contribution in [-0.2, 0) is 9.59 Å². The number of piperazine rings is 1. The second-order valence-corrected chi connectivity index (χ2v) is 2.84. The first-order valence-electron chi connectivity index (χ1n) is 3.96. The Morgan fingerprint density at radius 3 is 3.00 bits per heavy atom. The van der Waals surface area contributed by atoms with Crippen molar-refractivity contribution < 1.29 is 9.59 Å². The summed E-state index contributed by atoms with van der Waals surface area (Å²) >= 11 is 0. The molecule has 5 nitrogen and oxygen atoms in total. The normalized spacial score (nSPS) is 18.8. The average molecular weight is 171 g/mol. The van der Waals surface area contributed by atoms with E-state index in [0.29, 0.717) is 26.1 Å². The first kappa shape index (κ1) is 8.99. The van der Waals surface area contributed by atoms with Gasteiger partial charge in [-0.3, -0.25) is 14.5 Å². The number of rotatable bonds is 3. The van der Waals surface area contributed by atoms with Crippen LogP contribution in [0.15, 0.2) is 0 Å². The number of nitrogens with one attached hydrogen (secondary N) is 1. The molecule has 2 amide bonds. The van der Waals surface area contributed by atoms with E-state index < -0.39 is 0 Å². The highest BCUT2D eigenvalue weighted by Crippen LogP contribution is 1.94. The molecule has 0 spiro atoms. The fourth-order valence-electron chi connectivity index (χ4n) is 1.15. The van der Waals surface area contributed by atoms with Crippen molar-refractivity contribution in [2.24, 2.45) is 5.73 Å². The van der Waals surface area contributed by atoms with Gasteiger partial charge in [-0.25, -0.2) is 0 Å². The number of amides is 2. The molecule has 0 aromatic heterocycles. The van der Waals surface area contributed by atoms with E-state index in [9.17, 15) is 9.59 Å². The number of nitrogens with zero attached hydrogens (tertiary/aromatic N) is 1. The van der Waals surface area contributed by atoms with E-state index in [1.165, 1.54) is 0 Å². The third kappa shape index (κ3) is 2.87. The van der Waals surface area contributed by atoms with Gasteiger partial charge in [0.1, 0.15) is 0 Å². The van der Waals surface area contributed by atoms with Crippen LogP contribution < -0.4 is 11.1 Å². The standard InChI is InChI=1S/C7H13N3O2/c8-6(11)1-3-10-4-2-9-7(12)5-10/h1-5H2,(H2,8,11)(H,9,12). The zero-order valence-corrected chi connectivity index (χ0v) is 6.88. The van der Waals surface area contributed by atoms with Crippen molar-refractivity contribution >= 4 is 11.8 Å². The third-order valence-electron chi connectivity index (χ3n) is 1.79. The Kier molecular flexibility index (Phi) is 3.04. The van der Waals surface area contributed by atoms with Crippen molar-refractivity contribution in [3.8, 4) is 0 Å². The zero-order chi connectivity index (χ0) is 8.97. The van der Waals surface area contributed by atoms with E-state index in [4.69, 9.17) is 5.73 Å². The Hall–Kier alpha value is -1.10. The van der Waals surface area contributed by atoms with Crippen LogP contribution >= 0.6 is 0 Å². The zero-order valence-electron chi connectivity index (χ0n) is 6.88. The van der Waals surface area contributed by atoms with E-state index in [0.717, 1.165) is 6.54 Å². The van der Waals surface area contributed by atoms with Crippen molar-refractivity contribution in [1.29, 1.82) is 0 Å². The highest BCUT2D eigenvalue weighted by Gasteiger charge is 2.15. The molecule has 0 saturated carbocycles. The van der Waals surface area contributed by atoms with Crippen molar-refractivity contribution in [2.45, 2.75) is 6.42 Å². The van der Waals surface area contributed by atoms with E-state index in [1.807, 2.05) is 4.90 Å². The maximum Gasteiger partial charge on any atom is 0.234 e. The lowest BCUT2D eigenvalue weighted by Gasteiger charge is -2.25. The van der Waals surface area contributed by atoms with Crippen LogP contribution in [-0.4, -0.2) is 42.9 Å². The van der Waals surface area contributed by atoms with E-state index >= 15 is 0 Å². The van der Waals surface area contributed by atoms with Crippen LogP contribution in [0.5, 0.6) is 0 Å². The number of hydrogen-bond donors (Lipinski definition) is 2. The summed E-state index contributed by atoms with van der Waals surface area (Å²) in [4.78, 5) is 23.2. The molecule has 0 aromatic carbocycles. The maximum absolute atomic E-state index is 10.8. The van der Waals surface area contributed by atoms with E-state index in [1.54, 1.807) is 0 Å². The lowest BCUT2D eigenvalue weighted by atomic mass is 10.3. The topological polar surface area (TPSA) is 75.4 Å². The molecule has 68 valence electrons. The molecule has 1 heterocycles. The van der Waals surface area contributed by atoms with Crippen molar-refractivity contribution in [1.82, 2.24) is 10.2 Å². The van der Waals surface area contributed by atoms with Gasteiger partial charge in [-0.05, 0) is 0 Å². The second kappa shape index (κ2) is 4.06. The molecule has 12 heavy (non-hydrogen) atoms. The molecular weight excluding hydrogens is 158 g/mol. The Balaban J connectivity index is 2.23. The molecule has 0 unspecified atom stereocenters. The van der Waals surface area contributed by atoms with Gasteiger partial charge in [0.15, 0.2) is 0 Å². The summed E-state index contributed by atoms with van der Waals surface area (Å²) in [6.45, 7) is 2.44. The summed E-state index contributed by atoms with van der Waals surface area (Å²) in [6, 6.07) is 0. The quantitative estimate of drug-likeness (QED) is 0.531. The molecule has 1 aliphatic rings. The number of primary amides is 1. The van der Waals surface area contributed by atoms with Crippen LogP contribution in [0.25, 0.3) is 0 Å². The lowest BCUT2D eigenvalue weighted by Crippen LogP contribution is -2.48. The summed E-state index contributed by atoms with van der Waals surface area (Å²) in [5.41, 5.74) is 4.98. The Labute approximate surface area is 70.9 Å². The summed E-state index contributed by atoms with van der Waals surface area (Å²) in [5, 5.41) is 2.70. The van der Waals surface area contributed by atoms with Crippen molar-refractivity contribution in [2.75, 3.05) is 26.2 Å². The largest absolute Gasteiger partial charge is 0.370 e. The summed E-state index contributed by atoms with van der Waals surface area (Å²) in [6.07, 6.45) is 0.327. The van der Waals surface area contributed by atoms with Crippen LogP contribution in [0.3, 0.4) is 0 Å². The van der Waals surface area contributed by atoms with E-state index in [-0.39, 0.29) is 11.8 Å². The lowest BCUT2D eigenvalue weighted by molar-refractivity contribution is -0.125.